The number of nitrogens with one attached hydrogen (secondary N) is 1. The predicted octanol–water partition coefficient (Wildman–Crippen LogP) is 2.71. The van der Waals surface area contributed by atoms with Crippen molar-refractivity contribution in [2.24, 2.45) is 0 Å². The van der Waals surface area contributed by atoms with Gasteiger partial charge in [-0.05, 0) is 48.0 Å². The molecule has 2 aromatic carbocycles. The molecule has 7 nitrogen and oxygen atoms in total. The van der Waals surface area contributed by atoms with Crippen LogP contribution in [0.4, 0.5) is 11.4 Å². The highest BCUT2D eigenvalue weighted by Crippen LogP contribution is 2.15. The van der Waals surface area contributed by atoms with Crippen LogP contribution in [-0.2, 0) is 14.3 Å². The number of carbonyl (C=O) groups excluding carboxylic acids is 2. The zero-order valence-corrected chi connectivity index (χ0v) is 15.5. The van der Waals surface area contributed by atoms with Crippen molar-refractivity contribution in [3.8, 4) is 12.1 Å². The maximum Gasteiger partial charge on any atom is 0.349 e. The highest BCUT2D eigenvalue weighted by molar-refractivity contribution is 6.00. The Bertz CT molecular complexity index is 963. The molecule has 7 heteroatoms. The van der Waals surface area contributed by atoms with E-state index in [1.807, 2.05) is 37.2 Å². The third kappa shape index (κ3) is 5.72. The first-order valence-electron chi connectivity index (χ1n) is 8.29. The molecule has 1 N–H and O–H groups in total. The van der Waals surface area contributed by atoms with E-state index in [0.29, 0.717) is 16.8 Å². The number of hydrogen-bond donors (Lipinski definition) is 1. The van der Waals surface area contributed by atoms with Crippen LogP contribution in [0.1, 0.15) is 11.1 Å². The number of benzene rings is 2. The summed E-state index contributed by atoms with van der Waals surface area (Å²) < 4.78 is 4.91. The summed E-state index contributed by atoms with van der Waals surface area (Å²) in [5, 5.41) is 20.5. The molecule has 0 fully saturated rings. The fourth-order valence-electron chi connectivity index (χ4n) is 2.21. The average molecular weight is 374 g/mol. The lowest BCUT2D eigenvalue weighted by molar-refractivity contribution is -0.142. The van der Waals surface area contributed by atoms with Crippen LogP contribution in [0.5, 0.6) is 0 Å². The molecule has 0 saturated carbocycles. The van der Waals surface area contributed by atoms with Gasteiger partial charge in [-0.25, -0.2) is 4.79 Å². The molecule has 2 aromatic rings. The number of amides is 1. The van der Waals surface area contributed by atoms with Gasteiger partial charge in [-0.3, -0.25) is 4.79 Å². The van der Waals surface area contributed by atoms with Crippen LogP contribution >= 0.6 is 0 Å². The van der Waals surface area contributed by atoms with Gasteiger partial charge in [-0.15, -0.1) is 0 Å². The van der Waals surface area contributed by atoms with Crippen molar-refractivity contribution in [3.05, 3.63) is 65.2 Å². The molecule has 0 spiro atoms. The van der Waals surface area contributed by atoms with Crippen LogP contribution in [0, 0.1) is 22.7 Å². The smallest absolute Gasteiger partial charge is 0.349 e. The van der Waals surface area contributed by atoms with Crippen molar-refractivity contribution in [2.45, 2.75) is 0 Å². The summed E-state index contributed by atoms with van der Waals surface area (Å²) in [5.74, 6) is -1.43. The monoisotopic (exact) mass is 374 g/mol. The van der Waals surface area contributed by atoms with Crippen molar-refractivity contribution < 1.29 is 14.3 Å². The van der Waals surface area contributed by atoms with Gasteiger partial charge in [0.05, 0.1) is 11.6 Å². The number of hydrogen-bond acceptors (Lipinski definition) is 6. The number of anilines is 2. The topological polar surface area (TPSA) is 106 Å². The first-order chi connectivity index (χ1) is 13.4. The van der Waals surface area contributed by atoms with Gasteiger partial charge in [-0.1, -0.05) is 12.1 Å². The molecule has 0 radical (unpaired) electrons. The van der Waals surface area contributed by atoms with Gasteiger partial charge in [0.1, 0.15) is 11.6 Å². The van der Waals surface area contributed by atoms with Crippen molar-refractivity contribution in [1.29, 1.82) is 10.5 Å². The van der Waals surface area contributed by atoms with Gasteiger partial charge >= 0.3 is 5.97 Å². The van der Waals surface area contributed by atoms with Gasteiger partial charge in [0, 0.05) is 25.5 Å². The van der Waals surface area contributed by atoms with E-state index in [-0.39, 0.29) is 5.57 Å². The SMILES string of the molecule is CN(C)c1ccc(/C=C(\C#N)C(=O)OCC(=O)Nc2ccc(C#N)cc2)cc1. The number of nitrogens with zero attached hydrogens (tertiary/aromatic N) is 3. The Morgan fingerprint density at radius 1 is 1.07 bits per heavy atom. The molecular weight excluding hydrogens is 356 g/mol. The van der Waals surface area contributed by atoms with Gasteiger partial charge in [0.2, 0.25) is 0 Å². The number of esters is 1. The summed E-state index contributed by atoms with van der Waals surface area (Å²) in [7, 11) is 3.82. The molecule has 0 saturated heterocycles. The molecule has 0 atom stereocenters. The zero-order chi connectivity index (χ0) is 20.5. The van der Waals surface area contributed by atoms with Crippen LogP contribution in [-0.4, -0.2) is 32.6 Å². The number of rotatable bonds is 6. The van der Waals surface area contributed by atoms with Crippen LogP contribution in [0.2, 0.25) is 0 Å². The van der Waals surface area contributed by atoms with Gasteiger partial charge in [0.15, 0.2) is 6.61 Å². The van der Waals surface area contributed by atoms with E-state index in [4.69, 9.17) is 10.00 Å². The number of carbonyl (C=O) groups is 2. The molecule has 0 aromatic heterocycles. The van der Waals surface area contributed by atoms with Gasteiger partial charge < -0.3 is 15.0 Å². The zero-order valence-electron chi connectivity index (χ0n) is 15.5. The molecular formula is C21H18N4O3. The predicted molar refractivity (Wildman–Crippen MR) is 105 cm³/mol. The highest BCUT2D eigenvalue weighted by atomic mass is 16.5. The minimum absolute atomic E-state index is 0.205. The lowest BCUT2D eigenvalue weighted by Gasteiger charge is -2.11. The van der Waals surface area contributed by atoms with Crippen LogP contribution in [0.15, 0.2) is 54.1 Å². The van der Waals surface area contributed by atoms with E-state index in [9.17, 15) is 14.9 Å². The van der Waals surface area contributed by atoms with Crippen LogP contribution < -0.4 is 10.2 Å². The molecule has 140 valence electrons. The van der Waals surface area contributed by atoms with E-state index in [1.54, 1.807) is 42.5 Å². The third-order valence-electron chi connectivity index (χ3n) is 3.69. The van der Waals surface area contributed by atoms with Crippen molar-refractivity contribution in [3.63, 3.8) is 0 Å². The Hall–Kier alpha value is -4.10. The van der Waals surface area contributed by atoms with Crippen molar-refractivity contribution in [2.75, 3.05) is 30.9 Å². The van der Waals surface area contributed by atoms with Crippen molar-refractivity contribution >= 4 is 29.3 Å². The van der Waals surface area contributed by atoms with Crippen molar-refractivity contribution in [1.82, 2.24) is 0 Å². The summed E-state index contributed by atoms with van der Waals surface area (Å²) >= 11 is 0. The fourth-order valence-corrected chi connectivity index (χ4v) is 2.21. The molecule has 0 aliphatic heterocycles. The van der Waals surface area contributed by atoms with Crippen LogP contribution in [0.3, 0.4) is 0 Å². The van der Waals surface area contributed by atoms with E-state index >= 15 is 0 Å². The molecule has 0 bridgehead atoms. The second-order valence-corrected chi connectivity index (χ2v) is 5.97. The average Bonchev–Trinajstić information content (AvgIpc) is 2.71. The number of ether oxygens (including phenoxy) is 1. The van der Waals surface area contributed by atoms with Gasteiger partial charge in [0.25, 0.3) is 5.91 Å². The van der Waals surface area contributed by atoms with E-state index < -0.39 is 18.5 Å². The maximum atomic E-state index is 12.1. The summed E-state index contributed by atoms with van der Waals surface area (Å²) in [4.78, 5) is 25.9. The minimum atomic E-state index is -0.880. The maximum absolute atomic E-state index is 12.1. The normalized spacial score (nSPS) is 10.4. The lowest BCUT2D eigenvalue weighted by Crippen LogP contribution is -2.21. The summed E-state index contributed by atoms with van der Waals surface area (Å²) in [6.45, 7) is -0.530. The Morgan fingerprint density at radius 2 is 1.71 bits per heavy atom. The molecule has 28 heavy (non-hydrogen) atoms. The third-order valence-corrected chi connectivity index (χ3v) is 3.69. The molecule has 0 aliphatic rings. The Labute approximate surface area is 163 Å². The minimum Gasteiger partial charge on any atom is -0.451 e. The van der Waals surface area contributed by atoms with E-state index in [1.165, 1.54) is 6.08 Å². The summed E-state index contributed by atoms with van der Waals surface area (Å²) in [6.07, 6.45) is 1.40. The molecule has 0 unspecified atom stereocenters. The first-order valence-corrected chi connectivity index (χ1v) is 8.29. The number of nitriles is 2. The Balaban J connectivity index is 1.94. The van der Waals surface area contributed by atoms with E-state index in [0.717, 1.165) is 5.69 Å². The molecule has 2 rings (SSSR count). The molecule has 1 amide bonds. The van der Waals surface area contributed by atoms with E-state index in [2.05, 4.69) is 5.32 Å². The summed E-state index contributed by atoms with van der Waals surface area (Å²) in [6, 6.07) is 17.3. The first kappa shape index (κ1) is 20.2. The molecule has 0 aliphatic carbocycles. The Morgan fingerprint density at radius 3 is 2.25 bits per heavy atom. The lowest BCUT2D eigenvalue weighted by atomic mass is 10.1. The summed E-state index contributed by atoms with van der Waals surface area (Å²) in [5.41, 5.74) is 2.38. The largest absolute Gasteiger partial charge is 0.451 e. The second kappa shape index (κ2) is 9.56. The highest BCUT2D eigenvalue weighted by Gasteiger charge is 2.13. The molecule has 0 heterocycles. The Kier molecular flexibility index (Phi) is 6.90. The standard InChI is InChI=1S/C21H18N4O3/c1-25(2)19-9-5-15(6-10-19)11-17(13-23)21(27)28-14-20(26)24-18-7-3-16(12-22)4-8-18/h3-11H,14H2,1-2H3,(H,24,26)/b17-11+. The van der Waals surface area contributed by atoms with Crippen LogP contribution in [0.25, 0.3) is 6.08 Å². The second-order valence-electron chi connectivity index (χ2n) is 5.97. The fraction of sp³-hybridized carbons (Fsp3) is 0.143. The quantitative estimate of drug-likeness (QED) is 0.473. The van der Waals surface area contributed by atoms with Gasteiger partial charge in [-0.2, -0.15) is 10.5 Å².